The van der Waals surface area contributed by atoms with Crippen molar-refractivity contribution in [3.8, 4) is 11.5 Å². The molecule has 2 heterocycles. The van der Waals surface area contributed by atoms with Gasteiger partial charge in [-0.05, 0) is 12.1 Å². The van der Waals surface area contributed by atoms with Gasteiger partial charge in [0.25, 0.3) is 14.4 Å². The number of nitrogen functional groups attached to an aromatic ring is 1. The summed E-state index contributed by atoms with van der Waals surface area (Å²) >= 11 is 0.668. The molecule has 3 rings (SSSR count). The van der Waals surface area contributed by atoms with Crippen LogP contribution in [0.2, 0.25) is 0 Å². The second-order valence-electron chi connectivity index (χ2n) is 3.84. The number of ether oxygens (including phenoxy) is 2. The SMILES string of the molecule is Nc1nnc(S(=O)(=O)Nc2ccc3c(c2)OC(F)(F)O3)s1. The summed E-state index contributed by atoms with van der Waals surface area (Å²) < 4.78 is 59.9. The third-order valence-corrected chi connectivity index (χ3v) is 4.81. The van der Waals surface area contributed by atoms with Gasteiger partial charge >= 0.3 is 6.29 Å². The number of benzene rings is 1. The molecule has 0 fully saturated rings. The molecule has 112 valence electrons. The Kier molecular flexibility index (Phi) is 2.88. The Morgan fingerprint density at radius 2 is 1.95 bits per heavy atom. The molecular formula is C9H6F2N4O4S2. The molecule has 0 amide bonds. The highest BCUT2D eigenvalue weighted by atomic mass is 32.2. The van der Waals surface area contributed by atoms with E-state index in [0.29, 0.717) is 11.3 Å². The second-order valence-corrected chi connectivity index (χ2v) is 6.71. The summed E-state index contributed by atoms with van der Waals surface area (Å²) in [4.78, 5) is 0. The zero-order valence-corrected chi connectivity index (χ0v) is 11.5. The smallest absolute Gasteiger partial charge is 0.395 e. The average molecular weight is 336 g/mol. The fourth-order valence-electron chi connectivity index (χ4n) is 1.54. The number of nitrogens with two attached hydrogens (primary N) is 1. The van der Waals surface area contributed by atoms with Gasteiger partial charge in [-0.3, -0.25) is 4.72 Å². The first kappa shape index (κ1) is 13.8. The molecule has 2 aromatic rings. The van der Waals surface area contributed by atoms with E-state index in [4.69, 9.17) is 5.73 Å². The van der Waals surface area contributed by atoms with Gasteiger partial charge in [0.15, 0.2) is 11.5 Å². The fraction of sp³-hybridized carbons (Fsp3) is 0.111. The van der Waals surface area contributed by atoms with Crippen LogP contribution in [0.4, 0.5) is 19.6 Å². The minimum absolute atomic E-state index is 0.00354. The zero-order chi connectivity index (χ0) is 15.3. The van der Waals surface area contributed by atoms with Crippen LogP contribution in [0.3, 0.4) is 0 Å². The number of hydrogen-bond acceptors (Lipinski definition) is 8. The van der Waals surface area contributed by atoms with E-state index in [1.54, 1.807) is 0 Å². The van der Waals surface area contributed by atoms with Crippen LogP contribution >= 0.6 is 11.3 Å². The van der Waals surface area contributed by atoms with Crippen molar-refractivity contribution in [2.45, 2.75) is 10.6 Å². The lowest BCUT2D eigenvalue weighted by Crippen LogP contribution is -2.25. The molecular weight excluding hydrogens is 330 g/mol. The summed E-state index contributed by atoms with van der Waals surface area (Å²) in [7, 11) is -4.01. The number of fused-ring (bicyclic) bond motifs is 1. The molecule has 1 aliphatic heterocycles. The fourth-order valence-corrected chi connectivity index (χ4v) is 3.38. The molecule has 12 heteroatoms. The Morgan fingerprint density at radius 1 is 1.24 bits per heavy atom. The van der Waals surface area contributed by atoms with Crippen LogP contribution in [0, 0.1) is 0 Å². The van der Waals surface area contributed by atoms with Crippen LogP contribution in [0.5, 0.6) is 11.5 Å². The summed E-state index contributed by atoms with van der Waals surface area (Å²) in [6.07, 6.45) is -3.77. The van der Waals surface area contributed by atoms with Gasteiger partial charge in [0.1, 0.15) is 0 Å². The number of sulfonamides is 1. The molecule has 1 aromatic carbocycles. The molecule has 21 heavy (non-hydrogen) atoms. The van der Waals surface area contributed by atoms with Gasteiger partial charge in [-0.2, -0.15) is 8.42 Å². The predicted octanol–water partition coefficient (Wildman–Crippen LogP) is 1.24. The Balaban J connectivity index is 1.87. The largest absolute Gasteiger partial charge is 0.586 e. The van der Waals surface area contributed by atoms with Crippen LogP contribution in [-0.2, 0) is 10.0 Å². The molecule has 0 atom stereocenters. The van der Waals surface area contributed by atoms with Gasteiger partial charge in [-0.15, -0.1) is 19.0 Å². The first-order valence-electron chi connectivity index (χ1n) is 5.27. The van der Waals surface area contributed by atoms with Gasteiger partial charge in [0.2, 0.25) is 5.13 Å². The third kappa shape index (κ3) is 2.67. The molecule has 8 nitrogen and oxygen atoms in total. The van der Waals surface area contributed by atoms with Crippen molar-refractivity contribution in [3.05, 3.63) is 18.2 Å². The minimum Gasteiger partial charge on any atom is -0.395 e. The zero-order valence-electron chi connectivity index (χ0n) is 9.91. The molecule has 0 radical (unpaired) electrons. The van der Waals surface area contributed by atoms with Crippen LogP contribution in [0.1, 0.15) is 0 Å². The minimum atomic E-state index is -4.01. The number of alkyl halides is 2. The highest BCUT2D eigenvalue weighted by molar-refractivity contribution is 7.94. The number of nitrogens with zero attached hydrogens (tertiary/aromatic N) is 2. The van der Waals surface area contributed by atoms with E-state index in [9.17, 15) is 17.2 Å². The van der Waals surface area contributed by atoms with E-state index in [-0.39, 0.29) is 26.7 Å². The quantitative estimate of drug-likeness (QED) is 0.866. The average Bonchev–Trinajstić information content (AvgIpc) is 2.90. The Hall–Kier alpha value is -2.21. The summed E-state index contributed by atoms with van der Waals surface area (Å²) in [5.74, 6) is -0.472. The monoisotopic (exact) mass is 336 g/mol. The predicted molar refractivity (Wildman–Crippen MR) is 67.8 cm³/mol. The van der Waals surface area contributed by atoms with Crippen LogP contribution in [0.15, 0.2) is 22.5 Å². The summed E-state index contributed by atoms with van der Waals surface area (Å²) in [6.45, 7) is 0. The van der Waals surface area contributed by atoms with Crippen molar-refractivity contribution in [3.63, 3.8) is 0 Å². The van der Waals surface area contributed by atoms with Crippen LogP contribution < -0.4 is 19.9 Å². The lowest BCUT2D eigenvalue weighted by Gasteiger charge is -2.05. The van der Waals surface area contributed by atoms with Crippen LogP contribution in [-0.4, -0.2) is 24.9 Å². The van der Waals surface area contributed by atoms with Crippen molar-refractivity contribution < 1.29 is 26.7 Å². The number of hydrogen-bond donors (Lipinski definition) is 2. The molecule has 0 saturated carbocycles. The molecule has 3 N–H and O–H groups in total. The highest BCUT2D eigenvalue weighted by Crippen LogP contribution is 2.42. The Labute approximate surface area is 120 Å². The molecule has 0 spiro atoms. The van der Waals surface area contributed by atoms with E-state index in [1.807, 2.05) is 0 Å². The number of rotatable bonds is 3. The lowest BCUT2D eigenvalue weighted by atomic mass is 10.3. The van der Waals surface area contributed by atoms with E-state index in [2.05, 4.69) is 24.4 Å². The maximum absolute atomic E-state index is 12.9. The summed E-state index contributed by atoms with van der Waals surface area (Å²) in [6, 6.07) is 3.46. The first-order chi connectivity index (χ1) is 9.75. The molecule has 0 aliphatic carbocycles. The van der Waals surface area contributed by atoms with Gasteiger partial charge in [0, 0.05) is 6.07 Å². The Bertz CT molecular complexity index is 808. The van der Waals surface area contributed by atoms with Gasteiger partial charge in [-0.25, -0.2) is 0 Å². The van der Waals surface area contributed by atoms with Gasteiger partial charge in [-0.1, -0.05) is 11.3 Å². The topological polar surface area (TPSA) is 116 Å². The normalized spacial score (nSPS) is 15.9. The number of anilines is 2. The van der Waals surface area contributed by atoms with Crippen molar-refractivity contribution >= 4 is 32.2 Å². The maximum atomic E-state index is 12.9. The second kappa shape index (κ2) is 4.39. The molecule has 1 aromatic heterocycles. The molecule has 0 unspecified atom stereocenters. The van der Waals surface area contributed by atoms with Crippen molar-refractivity contribution in [2.75, 3.05) is 10.5 Å². The van der Waals surface area contributed by atoms with Crippen molar-refractivity contribution in [2.24, 2.45) is 0 Å². The molecule has 1 aliphatic rings. The first-order valence-corrected chi connectivity index (χ1v) is 7.57. The molecule has 0 saturated heterocycles. The standard InChI is InChI=1S/C9H6F2N4O4S2/c10-9(11)18-5-2-1-4(3-6(5)19-9)15-21(16,17)8-14-13-7(12)20-8/h1-3,15H,(H2,12,13). The molecule has 0 bridgehead atoms. The number of nitrogens with one attached hydrogen (secondary N) is 1. The lowest BCUT2D eigenvalue weighted by molar-refractivity contribution is -0.286. The van der Waals surface area contributed by atoms with E-state index in [0.717, 1.165) is 12.1 Å². The number of halogens is 2. The van der Waals surface area contributed by atoms with Gasteiger partial charge < -0.3 is 15.2 Å². The van der Waals surface area contributed by atoms with Crippen molar-refractivity contribution in [1.29, 1.82) is 0 Å². The highest BCUT2D eigenvalue weighted by Gasteiger charge is 2.43. The summed E-state index contributed by atoms with van der Waals surface area (Å²) in [5.41, 5.74) is 5.31. The van der Waals surface area contributed by atoms with E-state index in [1.165, 1.54) is 6.07 Å². The van der Waals surface area contributed by atoms with Gasteiger partial charge in [0.05, 0.1) is 5.69 Å². The van der Waals surface area contributed by atoms with Crippen LogP contribution in [0.25, 0.3) is 0 Å². The van der Waals surface area contributed by atoms with Crippen molar-refractivity contribution in [1.82, 2.24) is 10.2 Å². The number of aromatic nitrogens is 2. The van der Waals surface area contributed by atoms with E-state index < -0.39 is 16.3 Å². The maximum Gasteiger partial charge on any atom is 0.586 e. The summed E-state index contributed by atoms with van der Waals surface area (Å²) in [5, 5.41) is 6.77. The third-order valence-electron chi connectivity index (χ3n) is 2.31. The van der Waals surface area contributed by atoms with E-state index >= 15 is 0 Å². The Morgan fingerprint density at radius 3 is 2.62 bits per heavy atom.